The van der Waals surface area contributed by atoms with Crippen molar-refractivity contribution < 1.29 is 14.0 Å². The molecule has 0 aliphatic heterocycles. The summed E-state index contributed by atoms with van der Waals surface area (Å²) < 4.78 is 11.5. The van der Waals surface area contributed by atoms with Crippen LogP contribution in [0.2, 0.25) is 18.1 Å². The van der Waals surface area contributed by atoms with E-state index in [1.54, 1.807) is 0 Å². The molecule has 1 aliphatic rings. The second kappa shape index (κ2) is 6.68. The quantitative estimate of drug-likeness (QED) is 0.539. The fraction of sp³-hybridized carbons (Fsp3) is 0.632. The molecule has 0 radical (unpaired) electrons. The van der Waals surface area contributed by atoms with Gasteiger partial charge in [0, 0.05) is 0 Å². The predicted octanol–water partition coefficient (Wildman–Crippen LogP) is 5.05. The molecular weight excluding hydrogens is 304 g/mol. The van der Waals surface area contributed by atoms with Crippen molar-refractivity contribution in [2.75, 3.05) is 6.61 Å². The highest BCUT2D eigenvalue weighted by atomic mass is 28.4. The van der Waals surface area contributed by atoms with Gasteiger partial charge in [-0.15, -0.1) is 0 Å². The molecule has 0 atom stereocenters. The van der Waals surface area contributed by atoms with Crippen molar-refractivity contribution in [1.29, 1.82) is 0 Å². The minimum Gasteiger partial charge on any atom is -0.543 e. The molecule has 3 nitrogen and oxygen atoms in total. The normalized spacial score (nSPS) is 15.4. The molecule has 0 unspecified atom stereocenters. The van der Waals surface area contributed by atoms with Crippen LogP contribution in [0.15, 0.2) is 18.2 Å². The second-order valence-corrected chi connectivity index (χ2v) is 12.7. The van der Waals surface area contributed by atoms with E-state index in [0.29, 0.717) is 18.9 Å². The fourth-order valence-electron chi connectivity index (χ4n) is 2.41. The zero-order valence-corrected chi connectivity index (χ0v) is 16.4. The summed E-state index contributed by atoms with van der Waals surface area (Å²) in [5.41, 5.74) is 2.36. The average molecular weight is 335 g/mol. The molecule has 23 heavy (non-hydrogen) atoms. The first-order valence-electron chi connectivity index (χ1n) is 8.61. The number of rotatable bonds is 6. The third kappa shape index (κ3) is 4.60. The Morgan fingerprint density at radius 2 is 1.91 bits per heavy atom. The maximum Gasteiger partial charge on any atom is 0.310 e. The number of carbonyl (C=O) groups is 1. The molecule has 0 aromatic heterocycles. The van der Waals surface area contributed by atoms with Crippen LogP contribution in [-0.2, 0) is 16.0 Å². The molecule has 1 fully saturated rings. The van der Waals surface area contributed by atoms with Crippen LogP contribution in [-0.4, -0.2) is 20.9 Å². The molecule has 4 heteroatoms. The third-order valence-corrected chi connectivity index (χ3v) is 9.31. The van der Waals surface area contributed by atoms with Crippen molar-refractivity contribution in [2.24, 2.45) is 0 Å². The number of carbonyl (C=O) groups excluding carboxylic acids is 1. The molecule has 1 aliphatic carbocycles. The maximum absolute atomic E-state index is 11.9. The molecule has 0 bridgehead atoms. The summed E-state index contributed by atoms with van der Waals surface area (Å²) in [4.78, 5) is 11.9. The highest BCUT2D eigenvalue weighted by Crippen LogP contribution is 2.43. The molecule has 1 aromatic rings. The molecule has 0 spiro atoms. The molecule has 0 heterocycles. The SMILES string of the molecule is CCOC(=O)Cc1cc(O[Si](C)(C)C(C)(C)C)ccc1C1CC1. The van der Waals surface area contributed by atoms with Crippen molar-refractivity contribution in [2.45, 2.75) is 71.0 Å². The number of ether oxygens (including phenoxy) is 1. The van der Waals surface area contributed by atoms with Gasteiger partial charge >= 0.3 is 5.97 Å². The van der Waals surface area contributed by atoms with Crippen molar-refractivity contribution in [3.05, 3.63) is 29.3 Å². The van der Waals surface area contributed by atoms with E-state index in [4.69, 9.17) is 9.16 Å². The Morgan fingerprint density at radius 3 is 2.43 bits per heavy atom. The Kier molecular flexibility index (Phi) is 5.24. The minimum atomic E-state index is -1.87. The summed E-state index contributed by atoms with van der Waals surface area (Å²) in [6.07, 6.45) is 2.78. The zero-order valence-electron chi connectivity index (χ0n) is 15.4. The Labute approximate surface area is 141 Å². The Hall–Kier alpha value is -1.29. The molecule has 0 N–H and O–H groups in total. The van der Waals surface area contributed by atoms with Gasteiger partial charge in [0.1, 0.15) is 5.75 Å². The van der Waals surface area contributed by atoms with Crippen molar-refractivity contribution in [1.82, 2.24) is 0 Å². The van der Waals surface area contributed by atoms with E-state index in [1.165, 1.54) is 18.4 Å². The molecule has 1 saturated carbocycles. The lowest BCUT2D eigenvalue weighted by Gasteiger charge is -2.36. The zero-order chi connectivity index (χ0) is 17.3. The number of hydrogen-bond acceptors (Lipinski definition) is 3. The summed E-state index contributed by atoms with van der Waals surface area (Å²) in [5, 5.41) is 0.156. The Balaban J connectivity index is 2.24. The van der Waals surface area contributed by atoms with Gasteiger partial charge in [-0.05, 0) is 67.1 Å². The molecule has 0 saturated heterocycles. The summed E-state index contributed by atoms with van der Waals surface area (Å²) >= 11 is 0. The molecule has 0 amide bonds. The van der Waals surface area contributed by atoms with E-state index in [0.717, 1.165) is 11.3 Å². The van der Waals surface area contributed by atoms with Gasteiger partial charge in [0.2, 0.25) is 8.32 Å². The van der Waals surface area contributed by atoms with Crippen LogP contribution in [0, 0.1) is 0 Å². The van der Waals surface area contributed by atoms with Crippen LogP contribution in [0.1, 0.15) is 57.6 Å². The average Bonchev–Trinajstić information content (AvgIpc) is 3.21. The van der Waals surface area contributed by atoms with Gasteiger partial charge in [-0.25, -0.2) is 0 Å². The van der Waals surface area contributed by atoms with Crippen LogP contribution in [0.3, 0.4) is 0 Å². The fourth-order valence-corrected chi connectivity index (χ4v) is 3.43. The van der Waals surface area contributed by atoms with Gasteiger partial charge in [-0.3, -0.25) is 4.79 Å². The van der Waals surface area contributed by atoms with Crippen LogP contribution < -0.4 is 4.43 Å². The monoisotopic (exact) mass is 334 g/mol. The van der Waals surface area contributed by atoms with E-state index >= 15 is 0 Å². The van der Waals surface area contributed by atoms with Crippen molar-refractivity contribution in [3.63, 3.8) is 0 Å². The Bertz CT molecular complexity index is 568. The minimum absolute atomic E-state index is 0.154. The lowest BCUT2D eigenvalue weighted by molar-refractivity contribution is -0.142. The van der Waals surface area contributed by atoms with Gasteiger partial charge in [0.15, 0.2) is 0 Å². The van der Waals surface area contributed by atoms with Crippen LogP contribution in [0.25, 0.3) is 0 Å². The first kappa shape index (κ1) is 18.1. The highest BCUT2D eigenvalue weighted by Gasteiger charge is 2.39. The van der Waals surface area contributed by atoms with E-state index in [1.807, 2.05) is 6.92 Å². The van der Waals surface area contributed by atoms with Gasteiger partial charge in [0.25, 0.3) is 0 Å². The van der Waals surface area contributed by atoms with E-state index in [2.05, 4.69) is 52.1 Å². The summed E-state index contributed by atoms with van der Waals surface area (Å²) in [7, 11) is -1.87. The molecule has 128 valence electrons. The van der Waals surface area contributed by atoms with Crippen LogP contribution in [0.4, 0.5) is 0 Å². The van der Waals surface area contributed by atoms with E-state index in [-0.39, 0.29) is 11.0 Å². The lowest BCUT2D eigenvalue weighted by Crippen LogP contribution is -2.43. The number of esters is 1. The molecule has 2 rings (SSSR count). The maximum atomic E-state index is 11.9. The van der Waals surface area contributed by atoms with Crippen molar-refractivity contribution in [3.8, 4) is 5.75 Å². The van der Waals surface area contributed by atoms with Crippen molar-refractivity contribution >= 4 is 14.3 Å². The predicted molar refractivity (Wildman–Crippen MR) is 96.6 cm³/mol. The summed E-state index contributed by atoms with van der Waals surface area (Å²) in [6.45, 7) is 13.5. The summed E-state index contributed by atoms with van der Waals surface area (Å²) in [6, 6.07) is 6.28. The first-order valence-corrected chi connectivity index (χ1v) is 11.5. The van der Waals surface area contributed by atoms with E-state index in [9.17, 15) is 4.79 Å². The molecular formula is C19H30O3Si. The topological polar surface area (TPSA) is 35.5 Å². The van der Waals surface area contributed by atoms with Crippen LogP contribution >= 0.6 is 0 Å². The van der Waals surface area contributed by atoms with E-state index < -0.39 is 8.32 Å². The largest absolute Gasteiger partial charge is 0.543 e. The van der Waals surface area contributed by atoms with Gasteiger partial charge < -0.3 is 9.16 Å². The van der Waals surface area contributed by atoms with Gasteiger partial charge in [-0.2, -0.15) is 0 Å². The molecule has 1 aromatic carbocycles. The standard InChI is InChI=1S/C19H30O3Si/c1-7-21-18(20)13-15-12-16(10-11-17(15)14-8-9-14)22-23(5,6)19(2,3)4/h10-12,14H,7-9,13H2,1-6H3. The van der Waals surface area contributed by atoms with Crippen LogP contribution in [0.5, 0.6) is 5.75 Å². The van der Waals surface area contributed by atoms with Gasteiger partial charge in [-0.1, -0.05) is 26.8 Å². The Morgan fingerprint density at radius 1 is 1.26 bits per heavy atom. The second-order valence-electron chi connectivity index (χ2n) is 7.98. The summed E-state index contributed by atoms with van der Waals surface area (Å²) in [5.74, 6) is 1.35. The number of benzene rings is 1. The van der Waals surface area contributed by atoms with Gasteiger partial charge in [0.05, 0.1) is 13.0 Å². The third-order valence-electron chi connectivity index (χ3n) is 4.95. The highest BCUT2D eigenvalue weighted by molar-refractivity contribution is 6.74. The number of hydrogen-bond donors (Lipinski definition) is 0. The lowest BCUT2D eigenvalue weighted by atomic mass is 10.0. The smallest absolute Gasteiger partial charge is 0.310 e. The first-order chi connectivity index (χ1) is 10.6.